The molecule has 0 saturated heterocycles. The quantitative estimate of drug-likeness (QED) is 0.916. The molecule has 0 heterocycles. The smallest absolute Gasteiger partial charge is 0.336 e. The van der Waals surface area contributed by atoms with Crippen LogP contribution < -0.4 is 4.74 Å². The minimum Gasteiger partial charge on any atom is -0.487 e. The minimum absolute atomic E-state index is 0.114. The molecule has 0 atom stereocenters. The standard InChI is InChI=1S/C14H10Cl2O3/c15-11-6-3-7-12(13(11)16)19-8-9-4-1-2-5-10(9)14(17)18/h1-7H,8H2,(H,17,18). The van der Waals surface area contributed by atoms with Gasteiger partial charge in [0.1, 0.15) is 17.4 Å². The summed E-state index contributed by atoms with van der Waals surface area (Å²) in [6.45, 7) is 0.114. The first kappa shape index (κ1) is 13.7. The Morgan fingerprint density at radius 1 is 1.11 bits per heavy atom. The normalized spacial score (nSPS) is 10.2. The summed E-state index contributed by atoms with van der Waals surface area (Å²) < 4.78 is 5.51. The van der Waals surface area contributed by atoms with E-state index in [4.69, 9.17) is 33.0 Å². The molecule has 98 valence electrons. The Kier molecular flexibility index (Phi) is 4.30. The molecule has 2 rings (SSSR count). The Morgan fingerprint density at radius 3 is 2.58 bits per heavy atom. The van der Waals surface area contributed by atoms with Crippen molar-refractivity contribution in [1.82, 2.24) is 0 Å². The zero-order chi connectivity index (χ0) is 13.8. The number of halogens is 2. The highest BCUT2D eigenvalue weighted by Crippen LogP contribution is 2.32. The molecule has 3 nitrogen and oxygen atoms in total. The Hall–Kier alpha value is -1.71. The van der Waals surface area contributed by atoms with Crippen LogP contribution in [0.4, 0.5) is 0 Å². The van der Waals surface area contributed by atoms with Gasteiger partial charge in [0.2, 0.25) is 0 Å². The number of hydrogen-bond donors (Lipinski definition) is 1. The first-order chi connectivity index (χ1) is 9.09. The van der Waals surface area contributed by atoms with Crippen LogP contribution in [0.1, 0.15) is 15.9 Å². The lowest BCUT2D eigenvalue weighted by molar-refractivity contribution is 0.0694. The number of carbonyl (C=O) groups is 1. The number of carboxylic acids is 1. The molecule has 1 N–H and O–H groups in total. The van der Waals surface area contributed by atoms with Gasteiger partial charge in [-0.15, -0.1) is 0 Å². The van der Waals surface area contributed by atoms with Gasteiger partial charge in [-0.3, -0.25) is 0 Å². The average molecular weight is 297 g/mol. The lowest BCUT2D eigenvalue weighted by Crippen LogP contribution is -2.05. The Labute approximate surface area is 120 Å². The molecule has 0 spiro atoms. The van der Waals surface area contributed by atoms with Gasteiger partial charge in [-0.05, 0) is 18.2 Å². The van der Waals surface area contributed by atoms with Crippen LogP contribution in [0.25, 0.3) is 0 Å². The Bertz CT molecular complexity index is 611. The topological polar surface area (TPSA) is 46.5 Å². The summed E-state index contributed by atoms with van der Waals surface area (Å²) in [6.07, 6.45) is 0. The molecule has 0 saturated carbocycles. The van der Waals surface area contributed by atoms with Gasteiger partial charge in [0.05, 0.1) is 10.6 Å². The van der Waals surface area contributed by atoms with Gasteiger partial charge < -0.3 is 9.84 Å². The van der Waals surface area contributed by atoms with Crippen molar-refractivity contribution < 1.29 is 14.6 Å². The lowest BCUT2D eigenvalue weighted by Gasteiger charge is -2.10. The molecule has 2 aromatic carbocycles. The van der Waals surface area contributed by atoms with Crippen molar-refractivity contribution in [3.05, 3.63) is 63.6 Å². The summed E-state index contributed by atoms with van der Waals surface area (Å²) in [6, 6.07) is 11.7. The third-order valence-corrected chi connectivity index (χ3v) is 3.35. The molecule has 0 aromatic heterocycles. The fourth-order valence-corrected chi connectivity index (χ4v) is 1.95. The van der Waals surface area contributed by atoms with E-state index >= 15 is 0 Å². The van der Waals surface area contributed by atoms with Gasteiger partial charge in [0, 0.05) is 5.56 Å². The van der Waals surface area contributed by atoms with E-state index in [1.54, 1.807) is 36.4 Å². The molecule has 0 aliphatic heterocycles. The van der Waals surface area contributed by atoms with Gasteiger partial charge in [-0.25, -0.2) is 4.79 Å². The van der Waals surface area contributed by atoms with Crippen molar-refractivity contribution in [1.29, 1.82) is 0 Å². The highest BCUT2D eigenvalue weighted by molar-refractivity contribution is 6.42. The van der Waals surface area contributed by atoms with Crippen LogP contribution in [0, 0.1) is 0 Å². The first-order valence-corrected chi connectivity index (χ1v) is 6.23. The maximum atomic E-state index is 11.1. The SMILES string of the molecule is O=C(O)c1ccccc1COc1cccc(Cl)c1Cl. The minimum atomic E-state index is -0.989. The molecule has 5 heteroatoms. The third kappa shape index (κ3) is 3.19. The van der Waals surface area contributed by atoms with Gasteiger partial charge in [-0.2, -0.15) is 0 Å². The summed E-state index contributed by atoms with van der Waals surface area (Å²) in [5.74, 6) is -0.564. The van der Waals surface area contributed by atoms with Crippen molar-refractivity contribution in [2.75, 3.05) is 0 Å². The molecule has 19 heavy (non-hydrogen) atoms. The fourth-order valence-electron chi connectivity index (χ4n) is 1.61. The van der Waals surface area contributed by atoms with E-state index in [0.29, 0.717) is 21.4 Å². The molecular weight excluding hydrogens is 287 g/mol. The zero-order valence-corrected chi connectivity index (χ0v) is 11.3. The van der Waals surface area contributed by atoms with E-state index in [1.165, 1.54) is 6.07 Å². The van der Waals surface area contributed by atoms with Crippen LogP contribution in [0.15, 0.2) is 42.5 Å². The predicted octanol–water partition coefficient (Wildman–Crippen LogP) is 4.27. The second kappa shape index (κ2) is 5.95. The van der Waals surface area contributed by atoms with Crippen molar-refractivity contribution >= 4 is 29.2 Å². The molecule has 0 amide bonds. The number of hydrogen-bond acceptors (Lipinski definition) is 2. The van der Waals surface area contributed by atoms with E-state index < -0.39 is 5.97 Å². The van der Waals surface area contributed by atoms with Crippen LogP contribution in [-0.2, 0) is 6.61 Å². The summed E-state index contributed by atoms with van der Waals surface area (Å²) in [5, 5.41) is 9.77. The number of benzene rings is 2. The van der Waals surface area contributed by atoms with Gasteiger partial charge in [0.15, 0.2) is 0 Å². The molecular formula is C14H10Cl2O3. The van der Waals surface area contributed by atoms with Crippen molar-refractivity contribution in [3.8, 4) is 5.75 Å². The zero-order valence-electron chi connectivity index (χ0n) is 9.77. The van der Waals surface area contributed by atoms with E-state index in [2.05, 4.69) is 0 Å². The summed E-state index contributed by atoms with van der Waals surface area (Å²) in [7, 11) is 0. The molecule has 0 aliphatic rings. The van der Waals surface area contributed by atoms with Crippen LogP contribution >= 0.6 is 23.2 Å². The molecule has 0 bridgehead atoms. The second-order valence-electron chi connectivity index (χ2n) is 3.80. The number of carboxylic acid groups (broad SMARTS) is 1. The van der Waals surface area contributed by atoms with Gasteiger partial charge in [-0.1, -0.05) is 47.5 Å². The van der Waals surface area contributed by atoms with E-state index in [1.807, 2.05) is 0 Å². The van der Waals surface area contributed by atoms with Crippen molar-refractivity contribution in [2.45, 2.75) is 6.61 Å². The Morgan fingerprint density at radius 2 is 1.84 bits per heavy atom. The van der Waals surface area contributed by atoms with Crippen LogP contribution in [0.2, 0.25) is 10.0 Å². The fraction of sp³-hybridized carbons (Fsp3) is 0.0714. The van der Waals surface area contributed by atoms with Crippen molar-refractivity contribution in [2.24, 2.45) is 0 Å². The molecule has 0 aliphatic carbocycles. The maximum Gasteiger partial charge on any atom is 0.336 e. The lowest BCUT2D eigenvalue weighted by atomic mass is 10.1. The number of rotatable bonds is 4. The van der Waals surface area contributed by atoms with Gasteiger partial charge >= 0.3 is 5.97 Å². The maximum absolute atomic E-state index is 11.1. The second-order valence-corrected chi connectivity index (χ2v) is 4.59. The molecule has 0 unspecified atom stereocenters. The first-order valence-electron chi connectivity index (χ1n) is 5.47. The monoisotopic (exact) mass is 296 g/mol. The van der Waals surface area contributed by atoms with Crippen LogP contribution in [0.3, 0.4) is 0 Å². The van der Waals surface area contributed by atoms with E-state index in [0.717, 1.165) is 0 Å². The highest BCUT2D eigenvalue weighted by atomic mass is 35.5. The largest absolute Gasteiger partial charge is 0.487 e. The predicted molar refractivity (Wildman–Crippen MR) is 74.2 cm³/mol. The molecule has 2 aromatic rings. The number of ether oxygens (including phenoxy) is 1. The summed E-state index contributed by atoms with van der Waals surface area (Å²) >= 11 is 11.9. The summed E-state index contributed by atoms with van der Waals surface area (Å²) in [5.41, 5.74) is 0.784. The average Bonchev–Trinajstić information content (AvgIpc) is 2.40. The summed E-state index contributed by atoms with van der Waals surface area (Å²) in [4.78, 5) is 11.1. The van der Waals surface area contributed by atoms with Crippen LogP contribution in [0.5, 0.6) is 5.75 Å². The molecule has 0 fully saturated rings. The van der Waals surface area contributed by atoms with Gasteiger partial charge in [0.25, 0.3) is 0 Å². The van der Waals surface area contributed by atoms with E-state index in [-0.39, 0.29) is 12.2 Å². The molecule has 0 radical (unpaired) electrons. The Balaban J connectivity index is 2.19. The van der Waals surface area contributed by atoms with E-state index in [9.17, 15) is 4.79 Å². The van der Waals surface area contributed by atoms with Crippen molar-refractivity contribution in [3.63, 3.8) is 0 Å². The highest BCUT2D eigenvalue weighted by Gasteiger charge is 2.11. The number of aromatic carboxylic acids is 1. The third-order valence-electron chi connectivity index (χ3n) is 2.55. The van der Waals surface area contributed by atoms with Crippen LogP contribution in [-0.4, -0.2) is 11.1 Å².